The minimum absolute atomic E-state index is 0.817. The molecule has 0 saturated heterocycles. The molecule has 0 aliphatic rings. The highest BCUT2D eigenvalue weighted by atomic mass is 79.9. The maximum atomic E-state index is 4.61. The fourth-order valence-corrected chi connectivity index (χ4v) is 2.13. The van der Waals surface area contributed by atoms with Crippen molar-refractivity contribution >= 4 is 27.4 Å². The number of fused-ring (bicyclic) bond motifs is 1. The van der Waals surface area contributed by atoms with Crippen LogP contribution in [0.5, 0.6) is 0 Å². The van der Waals surface area contributed by atoms with Crippen LogP contribution in [0.15, 0.2) is 24.4 Å². The van der Waals surface area contributed by atoms with Crippen LogP contribution in [0.3, 0.4) is 0 Å². The lowest BCUT2D eigenvalue weighted by molar-refractivity contribution is 0.934. The summed E-state index contributed by atoms with van der Waals surface area (Å²) in [5.41, 5.74) is 2.21. The summed E-state index contributed by atoms with van der Waals surface area (Å²) in [6.45, 7) is 3.09. The van der Waals surface area contributed by atoms with Crippen LogP contribution in [0, 0.1) is 0 Å². The van der Waals surface area contributed by atoms with E-state index < -0.39 is 0 Å². The molecule has 3 nitrogen and oxygen atoms in total. The second-order valence-corrected chi connectivity index (χ2v) is 4.02. The molecule has 2 heterocycles. The first-order chi connectivity index (χ1) is 7.27. The smallest absolute Gasteiger partial charge is 0.151 e. The number of anilines is 1. The highest BCUT2D eigenvalue weighted by molar-refractivity contribution is 9.08. The van der Waals surface area contributed by atoms with Crippen molar-refractivity contribution in [2.75, 3.05) is 18.5 Å². The number of aromatic nitrogens is 2. The molecule has 0 unspecified atom stereocenters. The maximum Gasteiger partial charge on any atom is 0.151 e. The average molecular weight is 268 g/mol. The van der Waals surface area contributed by atoms with E-state index in [2.05, 4.69) is 44.2 Å². The van der Waals surface area contributed by atoms with Crippen molar-refractivity contribution in [1.29, 1.82) is 0 Å². The lowest BCUT2D eigenvalue weighted by Gasteiger charge is -2.14. The van der Waals surface area contributed by atoms with E-state index in [9.17, 15) is 0 Å². The van der Waals surface area contributed by atoms with Crippen molar-refractivity contribution in [3.8, 4) is 0 Å². The Morgan fingerprint density at radius 3 is 2.93 bits per heavy atom. The summed E-state index contributed by atoms with van der Waals surface area (Å²) >= 11 is 3.52. The van der Waals surface area contributed by atoms with Gasteiger partial charge in [-0.15, -0.1) is 0 Å². The van der Waals surface area contributed by atoms with Gasteiger partial charge >= 0.3 is 0 Å². The molecule has 0 fully saturated rings. The van der Waals surface area contributed by atoms with Gasteiger partial charge in [-0.25, -0.2) is 4.98 Å². The molecular formula is C11H14BrN3. The lowest BCUT2D eigenvalue weighted by atomic mass is 10.4. The number of nitrogens with zero attached hydrogens (tertiary/aromatic N) is 3. The Balaban J connectivity index is 2.63. The number of imidazole rings is 1. The minimum atomic E-state index is 0.817. The summed E-state index contributed by atoms with van der Waals surface area (Å²) in [7, 11) is 2.06. The summed E-state index contributed by atoms with van der Waals surface area (Å²) < 4.78 is 2.12. The van der Waals surface area contributed by atoms with E-state index in [0.29, 0.717) is 0 Å². The lowest BCUT2D eigenvalue weighted by Crippen LogP contribution is -2.17. The molecule has 2 aromatic rings. The number of hydrogen-bond donors (Lipinski definition) is 0. The number of hydrogen-bond acceptors (Lipinski definition) is 2. The van der Waals surface area contributed by atoms with E-state index in [0.717, 1.165) is 23.3 Å². The summed E-state index contributed by atoms with van der Waals surface area (Å²) in [6.07, 6.45) is 2.05. The maximum absolute atomic E-state index is 4.61. The molecule has 0 N–H and O–H groups in total. The van der Waals surface area contributed by atoms with Gasteiger partial charge in [0.15, 0.2) is 5.82 Å². The summed E-state index contributed by atoms with van der Waals surface area (Å²) in [5, 5.41) is 0.817. The number of rotatable bonds is 3. The van der Waals surface area contributed by atoms with Gasteiger partial charge in [0, 0.05) is 25.1 Å². The third-order valence-electron chi connectivity index (χ3n) is 2.57. The van der Waals surface area contributed by atoms with E-state index in [-0.39, 0.29) is 0 Å². The van der Waals surface area contributed by atoms with Gasteiger partial charge in [0.05, 0.1) is 5.69 Å². The topological polar surface area (TPSA) is 20.5 Å². The summed E-state index contributed by atoms with van der Waals surface area (Å²) in [5.74, 6) is 1.06. The highest BCUT2D eigenvalue weighted by Crippen LogP contribution is 2.22. The van der Waals surface area contributed by atoms with E-state index in [1.165, 1.54) is 5.69 Å². The van der Waals surface area contributed by atoms with Crippen molar-refractivity contribution in [2.24, 2.45) is 0 Å². The van der Waals surface area contributed by atoms with Gasteiger partial charge in [-0.2, -0.15) is 0 Å². The molecule has 0 aliphatic carbocycles. The van der Waals surface area contributed by atoms with Gasteiger partial charge in [0.2, 0.25) is 0 Å². The highest BCUT2D eigenvalue weighted by Gasteiger charge is 2.12. The van der Waals surface area contributed by atoms with Crippen molar-refractivity contribution in [1.82, 2.24) is 9.38 Å². The number of halogens is 1. The van der Waals surface area contributed by atoms with Crippen molar-refractivity contribution in [2.45, 2.75) is 12.3 Å². The third kappa shape index (κ3) is 1.74. The van der Waals surface area contributed by atoms with Crippen molar-refractivity contribution in [3.63, 3.8) is 0 Å². The van der Waals surface area contributed by atoms with Gasteiger partial charge in [-0.1, -0.05) is 22.0 Å². The monoisotopic (exact) mass is 267 g/mol. The Bertz CT molecular complexity index is 464. The van der Waals surface area contributed by atoms with Crippen LogP contribution in [-0.4, -0.2) is 23.0 Å². The average Bonchev–Trinajstić information content (AvgIpc) is 2.66. The van der Waals surface area contributed by atoms with E-state index in [1.54, 1.807) is 0 Å². The second kappa shape index (κ2) is 4.23. The van der Waals surface area contributed by atoms with Gasteiger partial charge in [-0.05, 0) is 19.1 Å². The molecule has 0 spiro atoms. The third-order valence-corrected chi connectivity index (χ3v) is 3.10. The molecule has 0 radical (unpaired) electrons. The zero-order valence-corrected chi connectivity index (χ0v) is 10.5. The molecule has 80 valence electrons. The Morgan fingerprint density at radius 1 is 1.47 bits per heavy atom. The van der Waals surface area contributed by atoms with Crippen molar-refractivity contribution in [3.05, 3.63) is 30.1 Å². The van der Waals surface area contributed by atoms with Crippen molar-refractivity contribution < 1.29 is 0 Å². The van der Waals surface area contributed by atoms with Crippen LogP contribution in [0.25, 0.3) is 5.65 Å². The second-order valence-electron chi connectivity index (χ2n) is 3.46. The van der Waals surface area contributed by atoms with Crippen LogP contribution >= 0.6 is 15.9 Å². The first-order valence-corrected chi connectivity index (χ1v) is 6.13. The SMILES string of the molecule is CCN(C)c1nc2ccccn2c1CBr. The van der Waals surface area contributed by atoms with E-state index >= 15 is 0 Å². The molecule has 0 aliphatic heterocycles. The summed E-state index contributed by atoms with van der Waals surface area (Å²) in [4.78, 5) is 6.77. The molecule has 0 bridgehead atoms. The van der Waals surface area contributed by atoms with Gasteiger partial charge in [0.1, 0.15) is 5.65 Å². The normalized spacial score (nSPS) is 10.9. The molecule has 15 heavy (non-hydrogen) atoms. The van der Waals surface area contributed by atoms with Crippen LogP contribution in [-0.2, 0) is 5.33 Å². The standard InChI is InChI=1S/C11H14BrN3/c1-3-14(2)11-9(8-12)15-7-5-4-6-10(15)13-11/h4-7H,3,8H2,1-2H3. The Labute approximate surface area is 97.9 Å². The molecule has 4 heteroatoms. The Kier molecular flexibility index (Phi) is 2.95. The molecule has 0 atom stereocenters. The van der Waals surface area contributed by atoms with Crippen LogP contribution in [0.4, 0.5) is 5.82 Å². The first-order valence-electron chi connectivity index (χ1n) is 5.01. The van der Waals surface area contributed by atoms with Gasteiger partial charge < -0.3 is 9.30 Å². The molecule has 0 aromatic carbocycles. The van der Waals surface area contributed by atoms with E-state index in [4.69, 9.17) is 0 Å². The zero-order chi connectivity index (χ0) is 10.8. The largest absolute Gasteiger partial charge is 0.358 e. The number of alkyl halides is 1. The molecule has 0 amide bonds. The predicted molar refractivity (Wildman–Crippen MR) is 66.8 cm³/mol. The van der Waals surface area contributed by atoms with Gasteiger partial charge in [0.25, 0.3) is 0 Å². The number of pyridine rings is 1. The van der Waals surface area contributed by atoms with E-state index in [1.807, 2.05) is 24.4 Å². The quantitative estimate of drug-likeness (QED) is 0.798. The molecule has 2 rings (SSSR count). The summed E-state index contributed by atoms with van der Waals surface area (Å²) in [6, 6.07) is 6.06. The predicted octanol–water partition coefficient (Wildman–Crippen LogP) is 2.69. The van der Waals surface area contributed by atoms with Gasteiger partial charge in [-0.3, -0.25) is 0 Å². The molecular weight excluding hydrogens is 254 g/mol. The Hall–Kier alpha value is -1.03. The fourth-order valence-electron chi connectivity index (χ4n) is 1.61. The van der Waals surface area contributed by atoms with Crippen LogP contribution in [0.1, 0.15) is 12.6 Å². The van der Waals surface area contributed by atoms with Crippen LogP contribution < -0.4 is 4.90 Å². The fraction of sp³-hybridized carbons (Fsp3) is 0.364. The Morgan fingerprint density at radius 2 is 2.27 bits per heavy atom. The molecule has 2 aromatic heterocycles. The first kappa shape index (κ1) is 10.5. The zero-order valence-electron chi connectivity index (χ0n) is 8.94. The van der Waals surface area contributed by atoms with Crippen LogP contribution in [0.2, 0.25) is 0 Å². The molecule has 0 saturated carbocycles. The minimum Gasteiger partial charge on any atom is -0.358 e.